The lowest BCUT2D eigenvalue weighted by Gasteiger charge is -2.09. The van der Waals surface area contributed by atoms with Crippen molar-refractivity contribution in [2.75, 3.05) is 5.32 Å². The zero-order chi connectivity index (χ0) is 23.1. The molecule has 0 radical (unpaired) electrons. The monoisotopic (exact) mass is 474 g/mol. The zero-order valence-corrected chi connectivity index (χ0v) is 19.5. The first kappa shape index (κ1) is 21.3. The van der Waals surface area contributed by atoms with Gasteiger partial charge in [0.15, 0.2) is 0 Å². The Bertz CT molecular complexity index is 1590. The molecule has 0 fully saturated rings. The summed E-state index contributed by atoms with van der Waals surface area (Å²) in [5.41, 5.74) is 4.73. The molecule has 164 valence electrons. The summed E-state index contributed by atoms with van der Waals surface area (Å²) in [5.74, 6) is -0.335. The highest BCUT2D eigenvalue weighted by atomic mass is 35.5. The van der Waals surface area contributed by atoms with Crippen LogP contribution in [0, 0.1) is 13.8 Å². The highest BCUT2D eigenvalue weighted by Gasteiger charge is 2.18. The van der Waals surface area contributed by atoms with Crippen molar-refractivity contribution in [3.8, 4) is 11.1 Å². The summed E-state index contributed by atoms with van der Waals surface area (Å²) < 4.78 is 1.80. The van der Waals surface area contributed by atoms with Gasteiger partial charge in [0, 0.05) is 21.8 Å². The summed E-state index contributed by atoms with van der Waals surface area (Å²) in [6.07, 6.45) is 1.42. The Balaban J connectivity index is 1.54. The molecule has 3 aromatic heterocycles. The average Bonchev–Trinajstić information content (AvgIpc) is 3.17. The highest BCUT2D eigenvalue weighted by molar-refractivity contribution is 7.25. The summed E-state index contributed by atoms with van der Waals surface area (Å²) in [6.45, 7) is 3.67. The van der Waals surface area contributed by atoms with Crippen LogP contribution in [0.1, 0.15) is 11.3 Å². The molecule has 0 aliphatic carbocycles. The third-order valence-electron chi connectivity index (χ3n) is 5.40. The molecule has 2 aromatic carbocycles. The number of hydrogen-bond acceptors (Lipinski definition) is 5. The van der Waals surface area contributed by atoms with E-state index in [1.165, 1.54) is 22.2 Å². The zero-order valence-electron chi connectivity index (χ0n) is 17.9. The Morgan fingerprint density at radius 1 is 1.12 bits per heavy atom. The van der Waals surface area contributed by atoms with Gasteiger partial charge >= 0.3 is 0 Å². The van der Waals surface area contributed by atoms with Gasteiger partial charge in [0.1, 0.15) is 16.1 Å². The molecule has 6 nitrogen and oxygen atoms in total. The summed E-state index contributed by atoms with van der Waals surface area (Å²) in [7, 11) is 0. The van der Waals surface area contributed by atoms with Crippen LogP contribution in [0.4, 0.5) is 5.69 Å². The second-order valence-electron chi connectivity index (χ2n) is 7.83. The van der Waals surface area contributed by atoms with Gasteiger partial charge in [-0.2, -0.15) is 0 Å². The van der Waals surface area contributed by atoms with E-state index >= 15 is 0 Å². The fraction of sp³-hybridized carbons (Fsp3) is 0.120. The van der Waals surface area contributed by atoms with Crippen molar-refractivity contribution in [2.24, 2.45) is 0 Å². The molecule has 1 N–H and O–H groups in total. The number of nitrogens with zero attached hydrogens (tertiary/aromatic N) is 3. The number of thiophene rings is 1. The number of anilines is 1. The van der Waals surface area contributed by atoms with Crippen LogP contribution < -0.4 is 10.9 Å². The second-order valence-corrected chi connectivity index (χ2v) is 9.23. The van der Waals surface area contributed by atoms with E-state index in [9.17, 15) is 9.59 Å². The maximum Gasteiger partial charge on any atom is 0.271 e. The summed E-state index contributed by atoms with van der Waals surface area (Å²) >= 11 is 7.44. The van der Waals surface area contributed by atoms with Crippen LogP contribution in [0.3, 0.4) is 0 Å². The van der Waals surface area contributed by atoms with E-state index in [1.54, 1.807) is 12.1 Å². The number of fused-ring (bicyclic) bond motifs is 3. The lowest BCUT2D eigenvalue weighted by Crippen LogP contribution is -2.27. The molecule has 5 rings (SSSR count). The van der Waals surface area contributed by atoms with Crippen LogP contribution in [-0.4, -0.2) is 20.4 Å². The number of pyridine rings is 1. The van der Waals surface area contributed by atoms with Crippen molar-refractivity contribution in [3.63, 3.8) is 0 Å². The Morgan fingerprint density at radius 3 is 2.67 bits per heavy atom. The molecule has 33 heavy (non-hydrogen) atoms. The molecule has 0 saturated carbocycles. The van der Waals surface area contributed by atoms with E-state index in [4.69, 9.17) is 11.6 Å². The standard InChI is InChI=1S/C25H19ClN4O2S/c1-14-8-9-17(11-19(14)26)29-20(31)12-30-13-27-22-21-18(16-6-4-3-5-7-16)10-15(2)28-24(21)33-23(22)25(30)32/h3-11,13H,12H2,1-2H3,(H,29,31). The Kier molecular flexibility index (Phi) is 5.44. The van der Waals surface area contributed by atoms with Gasteiger partial charge in [-0.3, -0.25) is 14.2 Å². The van der Waals surface area contributed by atoms with Gasteiger partial charge < -0.3 is 5.32 Å². The number of hydrogen-bond donors (Lipinski definition) is 1. The molecule has 0 aliphatic heterocycles. The van der Waals surface area contributed by atoms with Crippen molar-refractivity contribution in [1.29, 1.82) is 0 Å². The van der Waals surface area contributed by atoms with Gasteiger partial charge in [-0.25, -0.2) is 9.97 Å². The molecule has 0 saturated heterocycles. The lowest BCUT2D eigenvalue weighted by atomic mass is 10.0. The van der Waals surface area contributed by atoms with E-state index in [2.05, 4.69) is 15.3 Å². The minimum Gasteiger partial charge on any atom is -0.324 e. The minimum atomic E-state index is -0.335. The number of aryl methyl sites for hydroxylation is 2. The molecule has 0 aliphatic rings. The van der Waals surface area contributed by atoms with Gasteiger partial charge in [0.25, 0.3) is 5.56 Å². The number of carbonyl (C=O) groups is 1. The van der Waals surface area contributed by atoms with E-state index in [-0.39, 0.29) is 18.0 Å². The molecule has 0 spiro atoms. The second kappa shape index (κ2) is 8.42. The third-order valence-corrected chi connectivity index (χ3v) is 6.87. The smallest absolute Gasteiger partial charge is 0.271 e. The normalized spacial score (nSPS) is 11.2. The van der Waals surface area contributed by atoms with E-state index in [0.29, 0.717) is 20.9 Å². The SMILES string of the molecule is Cc1cc(-c2ccccc2)c2c(n1)sc1c(=O)n(CC(=O)Nc3ccc(C)c(Cl)c3)cnc12. The van der Waals surface area contributed by atoms with E-state index in [1.807, 2.05) is 56.3 Å². The number of amides is 1. The Hall–Kier alpha value is -3.55. The van der Waals surface area contributed by atoms with Gasteiger partial charge in [-0.1, -0.05) is 48.0 Å². The number of halogens is 1. The number of benzene rings is 2. The average molecular weight is 475 g/mol. The van der Waals surface area contributed by atoms with Crippen molar-refractivity contribution in [3.05, 3.63) is 87.6 Å². The molecule has 0 unspecified atom stereocenters. The van der Waals surface area contributed by atoms with Gasteiger partial charge in [-0.05, 0) is 48.7 Å². The number of carbonyl (C=O) groups excluding carboxylic acids is 1. The maximum absolute atomic E-state index is 13.2. The molecule has 8 heteroatoms. The highest BCUT2D eigenvalue weighted by Crippen LogP contribution is 2.37. The number of nitrogens with one attached hydrogen (secondary N) is 1. The Labute approximate surface area is 198 Å². The van der Waals surface area contributed by atoms with Crippen LogP contribution >= 0.6 is 22.9 Å². The fourth-order valence-corrected chi connectivity index (χ4v) is 5.10. The summed E-state index contributed by atoms with van der Waals surface area (Å²) in [4.78, 5) is 35.8. The third kappa shape index (κ3) is 4.01. The van der Waals surface area contributed by atoms with Gasteiger partial charge in [0.2, 0.25) is 5.91 Å². The quantitative estimate of drug-likeness (QED) is 0.368. The maximum atomic E-state index is 13.2. The molecule has 3 heterocycles. The van der Waals surface area contributed by atoms with Crippen molar-refractivity contribution >= 4 is 55.0 Å². The van der Waals surface area contributed by atoms with Gasteiger partial charge in [-0.15, -0.1) is 11.3 Å². The van der Waals surface area contributed by atoms with Crippen molar-refractivity contribution in [1.82, 2.24) is 14.5 Å². The largest absolute Gasteiger partial charge is 0.324 e. The summed E-state index contributed by atoms with van der Waals surface area (Å²) in [6, 6.07) is 17.3. The minimum absolute atomic E-state index is 0.153. The lowest BCUT2D eigenvalue weighted by molar-refractivity contribution is -0.116. The first-order chi connectivity index (χ1) is 15.9. The van der Waals surface area contributed by atoms with Crippen LogP contribution in [0.15, 0.2) is 65.7 Å². The predicted octanol–water partition coefficient (Wildman–Crippen LogP) is 5.58. The molecular weight excluding hydrogens is 456 g/mol. The molecule has 5 aromatic rings. The van der Waals surface area contributed by atoms with Crippen LogP contribution in [0.2, 0.25) is 5.02 Å². The molecule has 0 atom stereocenters. The van der Waals surface area contributed by atoms with E-state index < -0.39 is 0 Å². The Morgan fingerprint density at radius 2 is 1.91 bits per heavy atom. The van der Waals surface area contributed by atoms with E-state index in [0.717, 1.165) is 32.6 Å². The van der Waals surface area contributed by atoms with Crippen molar-refractivity contribution in [2.45, 2.75) is 20.4 Å². The van der Waals surface area contributed by atoms with Crippen LogP contribution in [-0.2, 0) is 11.3 Å². The molecular formula is C25H19ClN4O2S. The molecule has 1 amide bonds. The van der Waals surface area contributed by atoms with Crippen LogP contribution in [0.5, 0.6) is 0 Å². The summed E-state index contributed by atoms with van der Waals surface area (Å²) in [5, 5.41) is 4.20. The topological polar surface area (TPSA) is 76.9 Å². The fourth-order valence-electron chi connectivity index (χ4n) is 3.77. The van der Waals surface area contributed by atoms with Crippen molar-refractivity contribution < 1.29 is 4.79 Å². The molecule has 0 bridgehead atoms. The first-order valence-corrected chi connectivity index (χ1v) is 11.5. The number of rotatable bonds is 4. The predicted molar refractivity (Wildman–Crippen MR) is 134 cm³/mol. The number of aromatic nitrogens is 3. The van der Waals surface area contributed by atoms with Gasteiger partial charge in [0.05, 0.1) is 11.8 Å². The van der Waals surface area contributed by atoms with Crippen LogP contribution in [0.25, 0.3) is 31.6 Å². The first-order valence-electron chi connectivity index (χ1n) is 10.3.